The molecule has 1 saturated heterocycles. The van der Waals surface area contributed by atoms with Crippen LogP contribution in [0.4, 0.5) is 5.69 Å². The number of nitrogens with zero attached hydrogens (tertiary/aromatic N) is 2. The molecule has 0 radical (unpaired) electrons. The number of rotatable bonds is 1. The van der Waals surface area contributed by atoms with E-state index in [0.29, 0.717) is 22.7 Å². The molecule has 90 valence electrons. The number of hydrogen-bond donors (Lipinski definition) is 1. The molecule has 2 rings (SSSR count). The minimum atomic E-state index is 0.290. The fourth-order valence-corrected chi connectivity index (χ4v) is 2.66. The molecule has 0 aromatic heterocycles. The molecule has 0 saturated carbocycles. The van der Waals surface area contributed by atoms with E-state index in [2.05, 4.69) is 17.9 Å². The predicted octanol–water partition coefficient (Wildman–Crippen LogP) is 2.53. The van der Waals surface area contributed by atoms with E-state index in [1.54, 1.807) is 6.07 Å². The van der Waals surface area contributed by atoms with Crippen LogP contribution in [0.25, 0.3) is 0 Å². The van der Waals surface area contributed by atoms with Crippen molar-refractivity contribution in [2.24, 2.45) is 5.73 Å². The van der Waals surface area contributed by atoms with Gasteiger partial charge in [0.05, 0.1) is 22.3 Å². The number of halogens is 1. The van der Waals surface area contributed by atoms with Crippen LogP contribution in [0.1, 0.15) is 25.3 Å². The first-order valence-corrected chi connectivity index (χ1v) is 6.21. The van der Waals surface area contributed by atoms with Crippen molar-refractivity contribution >= 4 is 17.3 Å². The summed E-state index contributed by atoms with van der Waals surface area (Å²) in [5.41, 5.74) is 7.55. The summed E-state index contributed by atoms with van der Waals surface area (Å²) in [4.78, 5) is 2.27. The summed E-state index contributed by atoms with van der Waals surface area (Å²) in [6.45, 7) is 3.08. The summed E-state index contributed by atoms with van der Waals surface area (Å²) in [6, 6.07) is 8.23. The van der Waals surface area contributed by atoms with Crippen molar-refractivity contribution in [3.63, 3.8) is 0 Å². The maximum atomic E-state index is 8.81. The Morgan fingerprint density at radius 1 is 1.53 bits per heavy atom. The van der Waals surface area contributed by atoms with Gasteiger partial charge >= 0.3 is 0 Å². The fraction of sp³-hybridized carbons (Fsp3) is 0.462. The van der Waals surface area contributed by atoms with Crippen LogP contribution < -0.4 is 10.6 Å². The summed E-state index contributed by atoms with van der Waals surface area (Å²) < 4.78 is 0. The Labute approximate surface area is 107 Å². The number of anilines is 1. The first-order valence-electron chi connectivity index (χ1n) is 5.83. The highest BCUT2D eigenvalue weighted by Crippen LogP contribution is 2.31. The average molecular weight is 250 g/mol. The monoisotopic (exact) mass is 249 g/mol. The van der Waals surface area contributed by atoms with E-state index in [1.807, 2.05) is 12.1 Å². The molecule has 0 spiro atoms. The topological polar surface area (TPSA) is 53.0 Å². The van der Waals surface area contributed by atoms with E-state index in [1.165, 1.54) is 0 Å². The highest BCUT2D eigenvalue weighted by Gasteiger charge is 2.24. The molecule has 1 aliphatic rings. The second-order valence-corrected chi connectivity index (χ2v) is 5.01. The predicted molar refractivity (Wildman–Crippen MR) is 70.2 cm³/mol. The van der Waals surface area contributed by atoms with E-state index >= 15 is 0 Å². The fourth-order valence-electron chi connectivity index (χ4n) is 2.38. The average Bonchev–Trinajstić information content (AvgIpc) is 2.30. The van der Waals surface area contributed by atoms with E-state index in [9.17, 15) is 0 Å². The third-order valence-electron chi connectivity index (χ3n) is 3.30. The molecule has 1 aromatic rings. The molecule has 1 fully saturated rings. The Morgan fingerprint density at radius 2 is 2.29 bits per heavy atom. The zero-order chi connectivity index (χ0) is 12.4. The van der Waals surface area contributed by atoms with Crippen molar-refractivity contribution in [2.75, 3.05) is 11.4 Å². The Kier molecular flexibility index (Phi) is 3.56. The summed E-state index contributed by atoms with van der Waals surface area (Å²) in [5, 5.41) is 9.46. The van der Waals surface area contributed by atoms with Gasteiger partial charge in [-0.1, -0.05) is 11.6 Å². The standard InChI is InChI=1S/C13H16ClN3/c1-9-6-11(16)4-5-17(9)13-3-2-10(8-15)7-12(13)14/h2-3,7,9,11H,4-6,16H2,1H3. The van der Waals surface area contributed by atoms with Gasteiger partial charge < -0.3 is 10.6 Å². The van der Waals surface area contributed by atoms with Crippen LogP contribution in [0, 0.1) is 11.3 Å². The van der Waals surface area contributed by atoms with Gasteiger partial charge in [0.25, 0.3) is 0 Å². The maximum absolute atomic E-state index is 8.81. The smallest absolute Gasteiger partial charge is 0.0992 e. The number of nitriles is 1. The lowest BCUT2D eigenvalue weighted by molar-refractivity contribution is 0.430. The number of hydrogen-bond acceptors (Lipinski definition) is 3. The number of nitrogens with two attached hydrogens (primary N) is 1. The molecule has 0 aliphatic carbocycles. The van der Waals surface area contributed by atoms with Gasteiger partial charge in [0.1, 0.15) is 0 Å². The zero-order valence-electron chi connectivity index (χ0n) is 9.86. The van der Waals surface area contributed by atoms with Crippen LogP contribution >= 0.6 is 11.6 Å². The molecular formula is C13H16ClN3. The molecule has 3 nitrogen and oxygen atoms in total. The molecule has 2 atom stereocenters. The molecule has 0 amide bonds. The van der Waals surface area contributed by atoms with Gasteiger partial charge in [-0.2, -0.15) is 5.26 Å². The minimum Gasteiger partial charge on any atom is -0.368 e. The van der Waals surface area contributed by atoms with Crippen molar-refractivity contribution < 1.29 is 0 Å². The first kappa shape index (κ1) is 12.2. The summed E-state index contributed by atoms with van der Waals surface area (Å²) in [5.74, 6) is 0. The zero-order valence-corrected chi connectivity index (χ0v) is 10.6. The van der Waals surface area contributed by atoms with Gasteiger partial charge in [0, 0.05) is 18.6 Å². The van der Waals surface area contributed by atoms with Gasteiger partial charge in [-0.15, -0.1) is 0 Å². The van der Waals surface area contributed by atoms with Crippen molar-refractivity contribution in [2.45, 2.75) is 31.8 Å². The summed E-state index contributed by atoms with van der Waals surface area (Å²) >= 11 is 6.22. The Hall–Kier alpha value is -1.24. The first-order chi connectivity index (χ1) is 8.11. The second-order valence-electron chi connectivity index (χ2n) is 4.60. The molecule has 4 heteroatoms. The summed E-state index contributed by atoms with van der Waals surface area (Å²) in [6.07, 6.45) is 1.97. The van der Waals surface area contributed by atoms with Crippen LogP contribution in [0.3, 0.4) is 0 Å². The number of piperidine rings is 1. The highest BCUT2D eigenvalue weighted by atomic mass is 35.5. The van der Waals surface area contributed by atoms with E-state index < -0.39 is 0 Å². The lowest BCUT2D eigenvalue weighted by atomic mass is 9.98. The molecule has 1 aromatic carbocycles. The Morgan fingerprint density at radius 3 is 2.88 bits per heavy atom. The molecule has 2 unspecified atom stereocenters. The molecule has 1 heterocycles. The largest absolute Gasteiger partial charge is 0.368 e. The van der Waals surface area contributed by atoms with Crippen LogP contribution in [0.5, 0.6) is 0 Å². The van der Waals surface area contributed by atoms with Gasteiger partial charge in [-0.3, -0.25) is 0 Å². The van der Waals surface area contributed by atoms with Crippen molar-refractivity contribution in [1.29, 1.82) is 5.26 Å². The number of benzene rings is 1. The minimum absolute atomic E-state index is 0.290. The van der Waals surface area contributed by atoms with Crippen LogP contribution in [0.15, 0.2) is 18.2 Å². The molecule has 2 N–H and O–H groups in total. The second kappa shape index (κ2) is 4.95. The van der Waals surface area contributed by atoms with Crippen LogP contribution in [0.2, 0.25) is 5.02 Å². The molecule has 1 aliphatic heterocycles. The van der Waals surface area contributed by atoms with Gasteiger partial charge in [0.15, 0.2) is 0 Å². The van der Waals surface area contributed by atoms with Gasteiger partial charge in [0.2, 0.25) is 0 Å². The summed E-state index contributed by atoms with van der Waals surface area (Å²) in [7, 11) is 0. The van der Waals surface area contributed by atoms with Crippen molar-refractivity contribution in [3.05, 3.63) is 28.8 Å². The van der Waals surface area contributed by atoms with E-state index in [0.717, 1.165) is 25.1 Å². The SMILES string of the molecule is CC1CC(N)CCN1c1ccc(C#N)cc1Cl. The maximum Gasteiger partial charge on any atom is 0.0992 e. The molecule has 0 bridgehead atoms. The third-order valence-corrected chi connectivity index (χ3v) is 3.61. The van der Waals surface area contributed by atoms with E-state index in [4.69, 9.17) is 22.6 Å². The lowest BCUT2D eigenvalue weighted by Crippen LogP contribution is -2.45. The molecule has 17 heavy (non-hydrogen) atoms. The van der Waals surface area contributed by atoms with E-state index in [-0.39, 0.29) is 0 Å². The normalized spacial score (nSPS) is 24.5. The highest BCUT2D eigenvalue weighted by molar-refractivity contribution is 6.33. The Balaban J connectivity index is 2.25. The van der Waals surface area contributed by atoms with Crippen LogP contribution in [-0.4, -0.2) is 18.6 Å². The van der Waals surface area contributed by atoms with Gasteiger partial charge in [-0.25, -0.2) is 0 Å². The third kappa shape index (κ3) is 2.54. The lowest BCUT2D eigenvalue weighted by Gasteiger charge is -2.38. The van der Waals surface area contributed by atoms with Crippen molar-refractivity contribution in [3.8, 4) is 6.07 Å². The van der Waals surface area contributed by atoms with Gasteiger partial charge in [-0.05, 0) is 38.0 Å². The van der Waals surface area contributed by atoms with Crippen LogP contribution in [-0.2, 0) is 0 Å². The van der Waals surface area contributed by atoms with Crippen molar-refractivity contribution in [1.82, 2.24) is 0 Å². The quantitative estimate of drug-likeness (QED) is 0.832. The Bertz CT molecular complexity index is 452. The molecular weight excluding hydrogens is 234 g/mol.